The van der Waals surface area contributed by atoms with Crippen LogP contribution < -0.4 is 20.1 Å². The molecule has 8 heteroatoms. The predicted molar refractivity (Wildman–Crippen MR) is 133 cm³/mol. The molecule has 8 nitrogen and oxygen atoms in total. The minimum atomic E-state index is 0.563. The number of aromatic nitrogens is 2. The lowest BCUT2D eigenvalue weighted by Crippen LogP contribution is -2.33. The van der Waals surface area contributed by atoms with Crippen LogP contribution in [0.1, 0.15) is 32.1 Å². The van der Waals surface area contributed by atoms with Crippen LogP contribution in [0.2, 0.25) is 0 Å². The lowest BCUT2D eigenvalue weighted by Gasteiger charge is -2.29. The fourth-order valence-electron chi connectivity index (χ4n) is 4.51. The van der Waals surface area contributed by atoms with Crippen LogP contribution in [-0.4, -0.2) is 79.8 Å². The van der Waals surface area contributed by atoms with Gasteiger partial charge in [-0.3, -0.25) is 0 Å². The number of likely N-dealkylation sites (tertiary alicyclic amines) is 2. The van der Waals surface area contributed by atoms with E-state index in [0.717, 1.165) is 42.5 Å². The van der Waals surface area contributed by atoms with Crippen molar-refractivity contribution in [3.05, 3.63) is 30.5 Å². The third-order valence-corrected chi connectivity index (χ3v) is 6.56. The first kappa shape index (κ1) is 23.6. The normalized spacial score (nSPS) is 17.8. The molecule has 1 aromatic heterocycles. The van der Waals surface area contributed by atoms with Crippen LogP contribution in [0.25, 0.3) is 0 Å². The molecule has 2 saturated heterocycles. The molecule has 0 unspecified atom stereocenters. The van der Waals surface area contributed by atoms with Crippen molar-refractivity contribution in [1.82, 2.24) is 19.8 Å². The van der Waals surface area contributed by atoms with Gasteiger partial charge in [-0.1, -0.05) is 0 Å². The van der Waals surface area contributed by atoms with Crippen LogP contribution in [0.3, 0.4) is 0 Å². The van der Waals surface area contributed by atoms with Crippen molar-refractivity contribution in [2.24, 2.45) is 5.92 Å². The zero-order valence-corrected chi connectivity index (χ0v) is 20.1. The second-order valence-corrected chi connectivity index (χ2v) is 9.13. The molecule has 0 amide bonds. The van der Waals surface area contributed by atoms with E-state index in [1.165, 1.54) is 51.9 Å². The average molecular weight is 455 g/mol. The maximum absolute atomic E-state index is 6.05. The number of anilines is 3. The molecule has 0 spiro atoms. The van der Waals surface area contributed by atoms with E-state index in [-0.39, 0.29) is 0 Å². The second-order valence-electron chi connectivity index (χ2n) is 9.13. The zero-order valence-electron chi connectivity index (χ0n) is 20.1. The molecule has 1 aromatic carbocycles. The van der Waals surface area contributed by atoms with E-state index in [2.05, 4.69) is 37.4 Å². The highest BCUT2D eigenvalue weighted by Gasteiger charge is 2.16. The van der Waals surface area contributed by atoms with Crippen LogP contribution in [0.4, 0.5) is 17.5 Å². The van der Waals surface area contributed by atoms with E-state index in [1.807, 2.05) is 24.3 Å². The van der Waals surface area contributed by atoms with Gasteiger partial charge in [-0.2, -0.15) is 4.98 Å². The highest BCUT2D eigenvalue weighted by Crippen LogP contribution is 2.31. The number of nitrogens with one attached hydrogen (secondary N) is 2. The molecule has 0 atom stereocenters. The van der Waals surface area contributed by atoms with Crippen molar-refractivity contribution >= 4 is 17.5 Å². The molecule has 33 heavy (non-hydrogen) atoms. The van der Waals surface area contributed by atoms with Crippen molar-refractivity contribution in [3.63, 3.8) is 0 Å². The number of piperidine rings is 1. The number of nitrogens with zero attached hydrogens (tertiary/aromatic N) is 4. The van der Waals surface area contributed by atoms with Gasteiger partial charge in [0.1, 0.15) is 5.82 Å². The SMILES string of the molecule is COc1ccc(Nc2nccc(NCC3CCN(C)CC3)n2)cc1OCCCN1CCCC1. The predicted octanol–water partition coefficient (Wildman–Crippen LogP) is 3.85. The van der Waals surface area contributed by atoms with Gasteiger partial charge in [-0.25, -0.2) is 4.98 Å². The Morgan fingerprint density at radius 3 is 2.67 bits per heavy atom. The number of hydrogen-bond acceptors (Lipinski definition) is 8. The Hall–Kier alpha value is -2.58. The number of methoxy groups -OCH3 is 1. The quantitative estimate of drug-likeness (QED) is 0.496. The molecule has 2 aliphatic rings. The van der Waals surface area contributed by atoms with E-state index < -0.39 is 0 Å². The highest BCUT2D eigenvalue weighted by molar-refractivity contribution is 5.60. The first-order valence-electron chi connectivity index (χ1n) is 12.3. The summed E-state index contributed by atoms with van der Waals surface area (Å²) in [5.74, 6) is 3.57. The first-order valence-corrected chi connectivity index (χ1v) is 12.3. The lowest BCUT2D eigenvalue weighted by atomic mass is 9.97. The molecule has 0 radical (unpaired) electrons. The average Bonchev–Trinajstić information content (AvgIpc) is 3.36. The summed E-state index contributed by atoms with van der Waals surface area (Å²) >= 11 is 0. The maximum Gasteiger partial charge on any atom is 0.229 e. The molecule has 0 saturated carbocycles. The van der Waals surface area contributed by atoms with E-state index in [9.17, 15) is 0 Å². The van der Waals surface area contributed by atoms with Crippen LogP contribution in [-0.2, 0) is 0 Å². The van der Waals surface area contributed by atoms with E-state index in [4.69, 9.17) is 9.47 Å². The van der Waals surface area contributed by atoms with Gasteiger partial charge in [0.05, 0.1) is 13.7 Å². The van der Waals surface area contributed by atoms with Crippen molar-refractivity contribution in [1.29, 1.82) is 0 Å². The Morgan fingerprint density at radius 1 is 1.06 bits per heavy atom. The molecular weight excluding hydrogens is 416 g/mol. The fourth-order valence-corrected chi connectivity index (χ4v) is 4.51. The second kappa shape index (κ2) is 12.0. The molecule has 0 aliphatic carbocycles. The third kappa shape index (κ3) is 7.20. The van der Waals surface area contributed by atoms with Gasteiger partial charge in [0.25, 0.3) is 0 Å². The van der Waals surface area contributed by atoms with Crippen LogP contribution in [0.15, 0.2) is 30.5 Å². The third-order valence-electron chi connectivity index (χ3n) is 6.56. The van der Waals surface area contributed by atoms with Gasteiger partial charge in [0.15, 0.2) is 11.5 Å². The van der Waals surface area contributed by atoms with E-state index >= 15 is 0 Å². The summed E-state index contributed by atoms with van der Waals surface area (Å²) in [5, 5.41) is 6.79. The minimum absolute atomic E-state index is 0.563. The lowest BCUT2D eigenvalue weighted by molar-refractivity contribution is 0.226. The van der Waals surface area contributed by atoms with E-state index in [1.54, 1.807) is 13.3 Å². The fraction of sp³-hybridized carbons (Fsp3) is 0.600. The maximum atomic E-state index is 6.05. The number of ether oxygens (including phenoxy) is 2. The Balaban J connectivity index is 1.30. The molecule has 0 bridgehead atoms. The van der Waals surface area contributed by atoms with Crippen molar-refractivity contribution in [2.75, 3.05) is 70.7 Å². The molecule has 2 aromatic rings. The number of rotatable bonds is 11. The van der Waals surface area contributed by atoms with Crippen molar-refractivity contribution in [3.8, 4) is 11.5 Å². The van der Waals surface area contributed by atoms with Crippen molar-refractivity contribution in [2.45, 2.75) is 32.1 Å². The van der Waals surface area contributed by atoms with Crippen LogP contribution in [0, 0.1) is 5.92 Å². The summed E-state index contributed by atoms with van der Waals surface area (Å²) in [5.41, 5.74) is 0.873. The van der Waals surface area contributed by atoms with Crippen LogP contribution in [0.5, 0.6) is 11.5 Å². The highest BCUT2D eigenvalue weighted by atomic mass is 16.5. The smallest absolute Gasteiger partial charge is 0.229 e. The number of hydrogen-bond donors (Lipinski definition) is 2. The standard InChI is InChI=1S/C25H38N6O2/c1-30-15-9-20(10-16-30)19-27-24-8-11-26-25(29-24)28-21-6-7-22(32-2)23(18-21)33-17-5-14-31-12-3-4-13-31/h6-8,11,18,20H,3-5,9-10,12-17,19H2,1-2H3,(H2,26,27,28,29). The Morgan fingerprint density at radius 2 is 1.88 bits per heavy atom. The summed E-state index contributed by atoms with van der Waals surface area (Å²) < 4.78 is 11.5. The molecule has 4 rings (SSSR count). The van der Waals surface area contributed by atoms with Gasteiger partial charge in [-0.05, 0) is 89.4 Å². The van der Waals surface area contributed by atoms with E-state index in [0.29, 0.717) is 18.5 Å². The van der Waals surface area contributed by atoms with Gasteiger partial charge >= 0.3 is 0 Å². The molecule has 180 valence electrons. The molecule has 2 N–H and O–H groups in total. The topological polar surface area (TPSA) is 74.8 Å². The van der Waals surface area contributed by atoms with Gasteiger partial charge in [0.2, 0.25) is 5.95 Å². The first-order chi connectivity index (χ1) is 16.2. The molecule has 2 fully saturated rings. The largest absolute Gasteiger partial charge is 0.493 e. The van der Waals surface area contributed by atoms with Crippen LogP contribution >= 0.6 is 0 Å². The van der Waals surface area contributed by atoms with Gasteiger partial charge < -0.3 is 29.9 Å². The summed E-state index contributed by atoms with van der Waals surface area (Å²) in [6, 6.07) is 7.75. The van der Waals surface area contributed by atoms with Gasteiger partial charge in [0, 0.05) is 31.0 Å². The monoisotopic (exact) mass is 454 g/mol. The molecular formula is C25H38N6O2. The Kier molecular flexibility index (Phi) is 8.60. The number of benzene rings is 1. The Bertz CT molecular complexity index is 866. The summed E-state index contributed by atoms with van der Waals surface area (Å²) in [7, 11) is 3.86. The molecule has 3 heterocycles. The molecule has 2 aliphatic heterocycles. The van der Waals surface area contributed by atoms with Crippen molar-refractivity contribution < 1.29 is 9.47 Å². The summed E-state index contributed by atoms with van der Waals surface area (Å²) in [4.78, 5) is 13.9. The zero-order chi connectivity index (χ0) is 22.9. The summed E-state index contributed by atoms with van der Waals surface area (Å²) in [6.07, 6.45) is 7.89. The van der Waals surface area contributed by atoms with Gasteiger partial charge in [-0.15, -0.1) is 0 Å². The Labute approximate surface area is 197 Å². The summed E-state index contributed by atoms with van der Waals surface area (Å²) in [6.45, 7) is 7.48. The minimum Gasteiger partial charge on any atom is -0.493 e.